The van der Waals surface area contributed by atoms with Crippen molar-refractivity contribution in [3.63, 3.8) is 0 Å². The van der Waals surface area contributed by atoms with Crippen molar-refractivity contribution in [2.45, 2.75) is 5.75 Å². The number of thioether (sulfide) groups is 1. The Kier molecular flexibility index (Phi) is 5.57. The van der Waals surface area contributed by atoms with E-state index in [0.29, 0.717) is 11.6 Å². The molecule has 0 heterocycles. The molecule has 0 bridgehead atoms. The van der Waals surface area contributed by atoms with Gasteiger partial charge in [-0.05, 0) is 23.8 Å². The minimum atomic E-state index is -2.26. The van der Waals surface area contributed by atoms with Crippen molar-refractivity contribution in [1.82, 2.24) is 0 Å². The Hall–Kier alpha value is -2.40. The van der Waals surface area contributed by atoms with Gasteiger partial charge in [0, 0.05) is 5.75 Å². The normalized spacial score (nSPS) is 11.5. The average molecular weight is 359 g/mol. The van der Waals surface area contributed by atoms with E-state index >= 15 is 0 Å². The maximum atomic E-state index is 13.6. The summed E-state index contributed by atoms with van der Waals surface area (Å²) in [5, 5.41) is 8.98. The third-order valence-corrected chi connectivity index (χ3v) is 3.93. The number of hydrogen-bond donors (Lipinski definition) is 0. The Morgan fingerprint density at radius 2 is 1.38 bits per heavy atom. The predicted octanol–water partition coefficient (Wildman–Crippen LogP) is 5.32. The van der Waals surface area contributed by atoms with E-state index in [4.69, 9.17) is 5.26 Å². The first-order valence-electron chi connectivity index (χ1n) is 6.35. The van der Waals surface area contributed by atoms with Crippen LogP contribution in [0.1, 0.15) is 11.1 Å². The fraction of sp³-hybridized carbons (Fsp3) is 0.0625. The Bertz CT molecular complexity index is 810. The molecule has 124 valence electrons. The summed E-state index contributed by atoms with van der Waals surface area (Å²) < 4.78 is 79.2. The molecular weight excluding hydrogens is 352 g/mol. The number of halogens is 6. The van der Waals surface area contributed by atoms with E-state index in [2.05, 4.69) is 0 Å². The van der Waals surface area contributed by atoms with Crippen LogP contribution in [0, 0.1) is 46.2 Å². The largest absolute Gasteiger partial charge is 0.207 e. The molecule has 0 radical (unpaired) electrons. The van der Waals surface area contributed by atoms with Gasteiger partial charge >= 0.3 is 0 Å². The summed E-state index contributed by atoms with van der Waals surface area (Å²) in [6.07, 6.45) is 0.588. The monoisotopic (exact) mass is 359 g/mol. The summed E-state index contributed by atoms with van der Waals surface area (Å²) in [6, 6.07) is 6.88. The van der Waals surface area contributed by atoms with Crippen molar-refractivity contribution >= 4 is 17.8 Å². The Morgan fingerprint density at radius 3 is 1.88 bits per heavy atom. The van der Waals surface area contributed by atoms with Gasteiger partial charge in [0.25, 0.3) is 0 Å². The van der Waals surface area contributed by atoms with Crippen LogP contribution in [0.25, 0.3) is 6.08 Å². The highest BCUT2D eigenvalue weighted by Crippen LogP contribution is 2.28. The summed E-state index contributed by atoms with van der Waals surface area (Å²) in [6.45, 7) is 0. The van der Waals surface area contributed by atoms with E-state index in [-0.39, 0.29) is 10.7 Å². The molecule has 8 heteroatoms. The zero-order chi connectivity index (χ0) is 17.9. The van der Waals surface area contributed by atoms with Gasteiger partial charge in [-0.2, -0.15) is 5.26 Å². The molecule has 0 aromatic heterocycles. The van der Waals surface area contributed by atoms with Gasteiger partial charge in [0.05, 0.1) is 10.5 Å². The molecule has 0 amide bonds. The van der Waals surface area contributed by atoms with E-state index in [1.165, 1.54) is 24.3 Å². The summed E-state index contributed by atoms with van der Waals surface area (Å²) in [4.78, 5) is -0.262. The van der Waals surface area contributed by atoms with Gasteiger partial charge in [-0.3, -0.25) is 0 Å². The van der Waals surface area contributed by atoms with Gasteiger partial charge < -0.3 is 0 Å². The van der Waals surface area contributed by atoms with Gasteiger partial charge in [0.2, 0.25) is 5.82 Å². The standard InChI is InChI=1S/C16H7F6NS/c17-9-3-1-8(2-4-9)7-24-10(6-23)5-11-12(18)14(20)16(22)15(21)13(11)19/h1-5H,7H2/b10-5+. The number of rotatable bonds is 4. The van der Waals surface area contributed by atoms with Gasteiger partial charge in [0.1, 0.15) is 11.9 Å². The molecule has 0 saturated carbocycles. The summed E-state index contributed by atoms with van der Waals surface area (Å²) in [5.74, 6) is -10.8. The first-order chi connectivity index (χ1) is 11.3. The molecule has 1 nitrogen and oxygen atoms in total. The van der Waals surface area contributed by atoms with E-state index in [1.54, 1.807) is 6.07 Å². The zero-order valence-corrected chi connectivity index (χ0v) is 12.5. The second kappa shape index (κ2) is 7.45. The van der Waals surface area contributed by atoms with Crippen LogP contribution in [0.2, 0.25) is 0 Å². The molecule has 0 aliphatic rings. The van der Waals surface area contributed by atoms with E-state index in [1.807, 2.05) is 0 Å². The van der Waals surface area contributed by atoms with Crippen molar-refractivity contribution in [3.05, 3.63) is 75.2 Å². The third kappa shape index (κ3) is 3.74. The molecule has 2 aromatic carbocycles. The smallest absolute Gasteiger partial charge is 0.200 e. The highest BCUT2D eigenvalue weighted by molar-refractivity contribution is 8.02. The van der Waals surface area contributed by atoms with Gasteiger partial charge in [0.15, 0.2) is 23.3 Å². The quantitative estimate of drug-likeness (QED) is 0.319. The highest BCUT2D eigenvalue weighted by Gasteiger charge is 2.24. The van der Waals surface area contributed by atoms with E-state index in [0.717, 1.165) is 11.8 Å². The Balaban J connectivity index is 2.31. The Labute approximate surface area is 137 Å². The number of nitrogens with zero attached hydrogens (tertiary/aromatic N) is 1. The highest BCUT2D eigenvalue weighted by atomic mass is 32.2. The lowest BCUT2D eigenvalue weighted by Gasteiger charge is -2.05. The van der Waals surface area contributed by atoms with Gasteiger partial charge in [-0.25, -0.2) is 26.3 Å². The maximum Gasteiger partial charge on any atom is 0.200 e. The van der Waals surface area contributed by atoms with Crippen LogP contribution < -0.4 is 0 Å². The summed E-state index contributed by atoms with van der Waals surface area (Å²) in [7, 11) is 0. The molecule has 0 saturated heterocycles. The van der Waals surface area contributed by atoms with Crippen LogP contribution in [-0.2, 0) is 5.75 Å². The lowest BCUT2D eigenvalue weighted by Crippen LogP contribution is -2.04. The van der Waals surface area contributed by atoms with Crippen LogP contribution in [0.4, 0.5) is 26.3 Å². The lowest BCUT2D eigenvalue weighted by atomic mass is 10.1. The number of allylic oxidation sites excluding steroid dienone is 1. The molecule has 0 fully saturated rings. The number of benzene rings is 2. The summed E-state index contributed by atoms with van der Waals surface area (Å²) in [5.41, 5.74) is -0.575. The first-order valence-corrected chi connectivity index (χ1v) is 7.34. The predicted molar refractivity (Wildman–Crippen MR) is 77.5 cm³/mol. The third-order valence-electron chi connectivity index (χ3n) is 2.94. The van der Waals surface area contributed by atoms with E-state index in [9.17, 15) is 26.3 Å². The van der Waals surface area contributed by atoms with Crippen molar-refractivity contribution in [2.75, 3.05) is 0 Å². The van der Waals surface area contributed by atoms with Crippen LogP contribution in [0.15, 0.2) is 29.2 Å². The molecule has 0 N–H and O–H groups in total. The van der Waals surface area contributed by atoms with Crippen molar-refractivity contribution < 1.29 is 26.3 Å². The minimum Gasteiger partial charge on any atom is -0.207 e. The van der Waals surface area contributed by atoms with Crippen molar-refractivity contribution in [1.29, 1.82) is 5.26 Å². The number of nitriles is 1. The Morgan fingerprint density at radius 1 is 0.875 bits per heavy atom. The molecule has 0 spiro atoms. The van der Waals surface area contributed by atoms with E-state index < -0.39 is 40.5 Å². The maximum absolute atomic E-state index is 13.6. The van der Waals surface area contributed by atoms with Crippen molar-refractivity contribution in [2.24, 2.45) is 0 Å². The molecule has 2 aromatic rings. The SMILES string of the molecule is N#C/C(=C\c1c(F)c(F)c(F)c(F)c1F)SCc1ccc(F)cc1. The van der Waals surface area contributed by atoms with Crippen LogP contribution >= 0.6 is 11.8 Å². The second-order valence-electron chi connectivity index (χ2n) is 4.52. The van der Waals surface area contributed by atoms with Crippen LogP contribution in [0.3, 0.4) is 0 Å². The summed E-state index contributed by atoms with van der Waals surface area (Å²) >= 11 is 0.814. The van der Waals surface area contributed by atoms with Crippen molar-refractivity contribution in [3.8, 4) is 6.07 Å². The van der Waals surface area contributed by atoms with Gasteiger partial charge in [-0.1, -0.05) is 12.1 Å². The van der Waals surface area contributed by atoms with Crippen LogP contribution in [0.5, 0.6) is 0 Å². The molecule has 0 unspecified atom stereocenters. The van der Waals surface area contributed by atoms with Gasteiger partial charge in [-0.15, -0.1) is 11.8 Å². The fourth-order valence-corrected chi connectivity index (χ4v) is 2.51. The fourth-order valence-electron chi connectivity index (χ4n) is 1.73. The zero-order valence-electron chi connectivity index (χ0n) is 11.7. The minimum absolute atomic E-state index is 0.148. The lowest BCUT2D eigenvalue weighted by molar-refractivity contribution is 0.377. The molecular formula is C16H7F6NS. The molecule has 0 atom stereocenters. The second-order valence-corrected chi connectivity index (χ2v) is 5.54. The first kappa shape index (κ1) is 17.9. The average Bonchev–Trinajstić information content (AvgIpc) is 2.59. The molecule has 2 rings (SSSR count). The topological polar surface area (TPSA) is 23.8 Å². The molecule has 0 aliphatic carbocycles. The molecule has 0 aliphatic heterocycles. The number of hydrogen-bond acceptors (Lipinski definition) is 2. The van der Waals surface area contributed by atoms with Crippen LogP contribution in [-0.4, -0.2) is 0 Å². The molecule has 24 heavy (non-hydrogen) atoms.